The highest BCUT2D eigenvalue weighted by Gasteiger charge is 2.59. The van der Waals surface area contributed by atoms with Gasteiger partial charge in [-0.3, -0.25) is 14.5 Å². The Hall–Kier alpha value is -3.45. The van der Waals surface area contributed by atoms with Crippen molar-refractivity contribution in [1.29, 1.82) is 0 Å². The van der Waals surface area contributed by atoms with E-state index in [1.165, 1.54) is 5.56 Å². The molecule has 7 heteroatoms. The van der Waals surface area contributed by atoms with Gasteiger partial charge in [-0.2, -0.15) is 0 Å². The standard InChI is InChI=1S/C29H33N5O2/c35-27(34-19-17-32(18-20-34)14-6-9-22-7-2-1-3-8-22)23-21-29(23)12-15-33(16-13-29)28(36)26-30-24-10-4-5-11-25(24)31-26/h1-11,23H,12-21H2,(H,30,31)/b9-6+/t23-/m0/s1. The van der Waals surface area contributed by atoms with E-state index < -0.39 is 0 Å². The lowest BCUT2D eigenvalue weighted by atomic mass is 9.90. The molecule has 1 N–H and O–H groups in total. The number of H-pyrrole nitrogens is 1. The number of carbonyl (C=O) groups is 2. The summed E-state index contributed by atoms with van der Waals surface area (Å²) < 4.78 is 0. The molecular weight excluding hydrogens is 450 g/mol. The quantitative estimate of drug-likeness (QED) is 0.601. The number of rotatable bonds is 5. The summed E-state index contributed by atoms with van der Waals surface area (Å²) in [5.74, 6) is 0.825. The zero-order valence-electron chi connectivity index (χ0n) is 20.6. The Morgan fingerprint density at radius 2 is 1.64 bits per heavy atom. The Bertz CT molecular complexity index is 1230. The SMILES string of the molecule is O=C(c1nc2ccccc2[nH]1)N1CCC2(CC1)C[C@H]2C(=O)N1CCN(C/C=C/c2ccccc2)CC1. The second kappa shape index (κ2) is 9.54. The minimum absolute atomic E-state index is 0.0398. The summed E-state index contributed by atoms with van der Waals surface area (Å²) in [5.41, 5.74) is 3.01. The fourth-order valence-corrected chi connectivity index (χ4v) is 5.88. The first-order valence-electron chi connectivity index (χ1n) is 13.1. The maximum Gasteiger partial charge on any atom is 0.289 e. The molecule has 36 heavy (non-hydrogen) atoms. The van der Waals surface area contributed by atoms with E-state index in [9.17, 15) is 9.59 Å². The minimum Gasteiger partial charge on any atom is -0.340 e. The number of piperazine rings is 1. The van der Waals surface area contributed by atoms with Crippen LogP contribution in [0.4, 0.5) is 0 Å². The lowest BCUT2D eigenvalue weighted by Crippen LogP contribution is -2.49. The van der Waals surface area contributed by atoms with Crippen LogP contribution < -0.4 is 0 Å². The van der Waals surface area contributed by atoms with Crippen LogP contribution in [0.15, 0.2) is 60.7 Å². The molecule has 6 rings (SSSR count). The van der Waals surface area contributed by atoms with Crippen molar-refractivity contribution in [3.05, 3.63) is 72.1 Å². The normalized spacial score (nSPS) is 21.9. The number of aromatic nitrogens is 2. The van der Waals surface area contributed by atoms with Crippen LogP contribution in [0.25, 0.3) is 17.1 Å². The van der Waals surface area contributed by atoms with E-state index >= 15 is 0 Å². The second-order valence-electron chi connectivity index (χ2n) is 10.5. The molecule has 1 saturated carbocycles. The van der Waals surface area contributed by atoms with Crippen molar-refractivity contribution in [2.45, 2.75) is 19.3 Å². The number of carbonyl (C=O) groups excluding carboxylic acids is 2. The Morgan fingerprint density at radius 3 is 2.39 bits per heavy atom. The molecule has 0 unspecified atom stereocenters. The van der Waals surface area contributed by atoms with E-state index in [2.05, 4.69) is 56.2 Å². The summed E-state index contributed by atoms with van der Waals surface area (Å²) in [6.45, 7) is 5.76. The minimum atomic E-state index is -0.0398. The average molecular weight is 484 g/mol. The molecule has 186 valence electrons. The molecule has 0 radical (unpaired) electrons. The Balaban J connectivity index is 0.971. The number of hydrogen-bond donors (Lipinski definition) is 1. The maximum atomic E-state index is 13.3. The van der Waals surface area contributed by atoms with Crippen molar-refractivity contribution in [2.24, 2.45) is 11.3 Å². The van der Waals surface area contributed by atoms with Crippen molar-refractivity contribution in [3.8, 4) is 0 Å². The average Bonchev–Trinajstić information content (AvgIpc) is 3.43. The third-order valence-electron chi connectivity index (χ3n) is 8.28. The summed E-state index contributed by atoms with van der Waals surface area (Å²) in [4.78, 5) is 40.3. The number of nitrogens with one attached hydrogen (secondary N) is 1. The van der Waals surface area contributed by atoms with Crippen LogP contribution in [0.2, 0.25) is 0 Å². The van der Waals surface area contributed by atoms with Gasteiger partial charge in [0.1, 0.15) is 0 Å². The molecule has 0 bridgehead atoms. The van der Waals surface area contributed by atoms with E-state index in [0.717, 1.165) is 63.0 Å². The molecule has 3 heterocycles. The molecule has 1 atom stereocenters. The number of likely N-dealkylation sites (tertiary alicyclic amines) is 1. The smallest absolute Gasteiger partial charge is 0.289 e. The summed E-state index contributed by atoms with van der Waals surface area (Å²) in [6, 6.07) is 18.1. The summed E-state index contributed by atoms with van der Waals surface area (Å²) in [6.07, 6.45) is 7.15. The molecular formula is C29H33N5O2. The largest absolute Gasteiger partial charge is 0.340 e. The lowest BCUT2D eigenvalue weighted by Gasteiger charge is -2.36. The number of hydrogen-bond acceptors (Lipinski definition) is 4. The summed E-state index contributed by atoms with van der Waals surface area (Å²) in [5, 5.41) is 0. The molecule has 1 aromatic heterocycles. The van der Waals surface area contributed by atoms with Gasteiger partial charge in [0.25, 0.3) is 5.91 Å². The van der Waals surface area contributed by atoms with Crippen LogP contribution in [0, 0.1) is 11.3 Å². The monoisotopic (exact) mass is 483 g/mol. The number of aromatic amines is 1. The number of amides is 2. The molecule has 1 spiro atoms. The predicted molar refractivity (Wildman–Crippen MR) is 140 cm³/mol. The van der Waals surface area contributed by atoms with Crippen LogP contribution >= 0.6 is 0 Å². The zero-order valence-corrected chi connectivity index (χ0v) is 20.6. The first kappa shape index (κ1) is 23.0. The van der Waals surface area contributed by atoms with Crippen molar-refractivity contribution < 1.29 is 9.59 Å². The van der Waals surface area contributed by atoms with Crippen LogP contribution in [-0.2, 0) is 4.79 Å². The fourth-order valence-electron chi connectivity index (χ4n) is 5.88. The molecule has 3 fully saturated rings. The van der Waals surface area contributed by atoms with E-state index in [1.54, 1.807) is 0 Å². The van der Waals surface area contributed by atoms with Crippen LogP contribution in [0.5, 0.6) is 0 Å². The zero-order chi connectivity index (χ0) is 24.5. The molecule has 3 aliphatic rings. The summed E-state index contributed by atoms with van der Waals surface area (Å²) >= 11 is 0. The van der Waals surface area contributed by atoms with Gasteiger partial charge in [-0.15, -0.1) is 0 Å². The Kier molecular flexibility index (Phi) is 6.09. The van der Waals surface area contributed by atoms with E-state index in [0.29, 0.717) is 24.8 Å². The number of para-hydroxylation sites is 2. The van der Waals surface area contributed by atoms with Crippen molar-refractivity contribution in [2.75, 3.05) is 45.8 Å². The van der Waals surface area contributed by atoms with Gasteiger partial charge in [0.05, 0.1) is 11.0 Å². The molecule has 7 nitrogen and oxygen atoms in total. The number of fused-ring (bicyclic) bond motifs is 1. The van der Waals surface area contributed by atoms with E-state index in [-0.39, 0.29) is 17.2 Å². The van der Waals surface area contributed by atoms with E-state index in [1.807, 2.05) is 35.2 Å². The first-order chi connectivity index (χ1) is 17.6. The Morgan fingerprint density at radius 1 is 0.917 bits per heavy atom. The highest BCUT2D eigenvalue weighted by molar-refractivity contribution is 5.94. The predicted octanol–water partition coefficient (Wildman–Crippen LogP) is 3.66. The van der Waals surface area contributed by atoms with Gasteiger partial charge in [-0.25, -0.2) is 4.98 Å². The van der Waals surface area contributed by atoms with Crippen LogP contribution in [0.3, 0.4) is 0 Å². The molecule has 2 amide bonds. The van der Waals surface area contributed by atoms with Gasteiger partial charge < -0.3 is 14.8 Å². The number of imidazole rings is 1. The lowest BCUT2D eigenvalue weighted by molar-refractivity contribution is -0.135. The third kappa shape index (κ3) is 4.55. The van der Waals surface area contributed by atoms with Gasteiger partial charge in [0, 0.05) is 51.7 Å². The van der Waals surface area contributed by atoms with Crippen molar-refractivity contribution >= 4 is 28.9 Å². The van der Waals surface area contributed by atoms with Crippen molar-refractivity contribution in [3.63, 3.8) is 0 Å². The van der Waals surface area contributed by atoms with Gasteiger partial charge in [0.15, 0.2) is 5.82 Å². The number of piperidine rings is 1. The topological polar surface area (TPSA) is 72.5 Å². The van der Waals surface area contributed by atoms with Gasteiger partial charge in [-0.1, -0.05) is 54.6 Å². The summed E-state index contributed by atoms with van der Waals surface area (Å²) in [7, 11) is 0. The van der Waals surface area contributed by atoms with Gasteiger partial charge in [-0.05, 0) is 42.4 Å². The molecule has 2 aliphatic heterocycles. The maximum absolute atomic E-state index is 13.3. The molecule has 3 aromatic rings. The van der Waals surface area contributed by atoms with E-state index in [4.69, 9.17) is 0 Å². The highest BCUT2D eigenvalue weighted by atomic mass is 16.2. The first-order valence-corrected chi connectivity index (χ1v) is 13.1. The molecule has 2 aromatic carbocycles. The van der Waals surface area contributed by atoms with Gasteiger partial charge >= 0.3 is 0 Å². The van der Waals surface area contributed by atoms with Crippen LogP contribution in [-0.4, -0.2) is 82.3 Å². The Labute approximate surface area is 211 Å². The molecule has 2 saturated heterocycles. The molecule has 1 aliphatic carbocycles. The number of benzene rings is 2. The second-order valence-corrected chi connectivity index (χ2v) is 10.5. The highest BCUT2D eigenvalue weighted by Crippen LogP contribution is 2.60. The van der Waals surface area contributed by atoms with Crippen LogP contribution in [0.1, 0.15) is 35.4 Å². The fraction of sp³-hybridized carbons (Fsp3) is 0.414. The number of nitrogens with zero attached hydrogens (tertiary/aromatic N) is 4. The van der Waals surface area contributed by atoms with Gasteiger partial charge in [0.2, 0.25) is 5.91 Å². The third-order valence-corrected chi connectivity index (χ3v) is 8.28. The van der Waals surface area contributed by atoms with Crippen molar-refractivity contribution in [1.82, 2.24) is 24.7 Å².